The Kier molecular flexibility index (Phi) is 7.02. The van der Waals surface area contributed by atoms with Gasteiger partial charge in [0.15, 0.2) is 6.61 Å². The van der Waals surface area contributed by atoms with Gasteiger partial charge in [-0.05, 0) is 48.7 Å². The Balaban J connectivity index is 1.91. The summed E-state index contributed by atoms with van der Waals surface area (Å²) in [5.74, 6) is -0.547. The van der Waals surface area contributed by atoms with Crippen LogP contribution in [0.3, 0.4) is 0 Å². The molecule has 0 aliphatic carbocycles. The van der Waals surface area contributed by atoms with Gasteiger partial charge in [-0.25, -0.2) is 4.79 Å². The molecule has 0 aromatic heterocycles. The van der Waals surface area contributed by atoms with Crippen molar-refractivity contribution in [1.29, 1.82) is 0 Å². The van der Waals surface area contributed by atoms with Crippen LogP contribution in [0.2, 0.25) is 0 Å². The maximum absolute atomic E-state index is 12.1. The number of amides is 1. The summed E-state index contributed by atoms with van der Waals surface area (Å²) in [4.78, 5) is 23.6. The quantitative estimate of drug-likeness (QED) is 0.559. The predicted octanol–water partition coefficient (Wildman–Crippen LogP) is 3.42. The van der Waals surface area contributed by atoms with Gasteiger partial charge in [-0.2, -0.15) is 0 Å². The van der Waals surface area contributed by atoms with Gasteiger partial charge in [0, 0.05) is 5.69 Å². The average molecular weight is 356 g/mol. The van der Waals surface area contributed by atoms with E-state index in [2.05, 4.69) is 17.0 Å². The fraction of sp³-hybridized carbons (Fsp3) is 0.300. The molecule has 0 unspecified atom stereocenters. The number of hydrogen-bond donors (Lipinski definition) is 2. The molecule has 1 amide bonds. The molecule has 2 aromatic rings. The second kappa shape index (κ2) is 9.46. The SMILES string of the molecule is CCCCc1ccc(NC(=O)COc2cc(C(=O)OC)ccc2N)cc1. The number of nitrogens with two attached hydrogens (primary N) is 1. The Morgan fingerprint density at radius 3 is 2.50 bits per heavy atom. The molecular weight excluding hydrogens is 332 g/mol. The minimum Gasteiger partial charge on any atom is -0.482 e. The molecule has 0 saturated carbocycles. The molecular formula is C20H24N2O4. The van der Waals surface area contributed by atoms with Crippen LogP contribution in [-0.4, -0.2) is 25.6 Å². The molecule has 6 nitrogen and oxygen atoms in total. The van der Waals surface area contributed by atoms with Crippen LogP contribution in [0.1, 0.15) is 35.7 Å². The van der Waals surface area contributed by atoms with Gasteiger partial charge in [0.25, 0.3) is 5.91 Å². The molecule has 0 aliphatic rings. The molecule has 3 N–H and O–H groups in total. The van der Waals surface area contributed by atoms with Gasteiger partial charge in [-0.15, -0.1) is 0 Å². The van der Waals surface area contributed by atoms with Crippen molar-refractivity contribution in [2.75, 3.05) is 24.8 Å². The zero-order valence-corrected chi connectivity index (χ0v) is 15.1. The van der Waals surface area contributed by atoms with Crippen molar-refractivity contribution in [1.82, 2.24) is 0 Å². The van der Waals surface area contributed by atoms with Gasteiger partial charge >= 0.3 is 5.97 Å². The molecule has 6 heteroatoms. The summed E-state index contributed by atoms with van der Waals surface area (Å²) < 4.78 is 10.1. The lowest BCUT2D eigenvalue weighted by molar-refractivity contribution is -0.118. The minimum absolute atomic E-state index is 0.216. The number of methoxy groups -OCH3 is 1. The Labute approximate surface area is 153 Å². The van der Waals surface area contributed by atoms with Crippen molar-refractivity contribution in [3.8, 4) is 5.75 Å². The van der Waals surface area contributed by atoms with Crippen LogP contribution >= 0.6 is 0 Å². The minimum atomic E-state index is -0.498. The first-order valence-electron chi connectivity index (χ1n) is 8.53. The number of hydrogen-bond acceptors (Lipinski definition) is 5. The highest BCUT2D eigenvalue weighted by Crippen LogP contribution is 2.23. The van der Waals surface area contributed by atoms with Gasteiger partial charge in [-0.3, -0.25) is 4.79 Å². The number of benzene rings is 2. The van der Waals surface area contributed by atoms with E-state index in [-0.39, 0.29) is 18.3 Å². The summed E-state index contributed by atoms with van der Waals surface area (Å²) in [5.41, 5.74) is 8.41. The topological polar surface area (TPSA) is 90.6 Å². The van der Waals surface area contributed by atoms with Crippen LogP contribution in [0.5, 0.6) is 5.75 Å². The van der Waals surface area contributed by atoms with E-state index in [1.807, 2.05) is 24.3 Å². The molecule has 2 rings (SSSR count). The van der Waals surface area contributed by atoms with E-state index >= 15 is 0 Å². The fourth-order valence-electron chi connectivity index (χ4n) is 2.38. The Morgan fingerprint density at radius 2 is 1.85 bits per heavy atom. The lowest BCUT2D eigenvalue weighted by Crippen LogP contribution is -2.20. The van der Waals surface area contributed by atoms with E-state index in [0.717, 1.165) is 19.3 Å². The number of aryl methyl sites for hydroxylation is 1. The molecule has 0 aliphatic heterocycles. The highest BCUT2D eigenvalue weighted by molar-refractivity contribution is 5.92. The number of nitrogens with one attached hydrogen (secondary N) is 1. The van der Waals surface area contributed by atoms with Crippen LogP contribution in [0.4, 0.5) is 11.4 Å². The van der Waals surface area contributed by atoms with Gasteiger partial charge in [0.2, 0.25) is 0 Å². The molecule has 0 bridgehead atoms. The molecule has 0 radical (unpaired) electrons. The van der Waals surface area contributed by atoms with Crippen LogP contribution in [0, 0.1) is 0 Å². The number of ether oxygens (including phenoxy) is 2. The summed E-state index contributed by atoms with van der Waals surface area (Å²) in [7, 11) is 1.29. The Hall–Kier alpha value is -3.02. The van der Waals surface area contributed by atoms with Gasteiger partial charge in [0.1, 0.15) is 5.75 Å². The standard InChI is InChI=1S/C20H24N2O4/c1-3-4-5-14-6-9-16(10-7-14)22-19(23)13-26-18-12-15(20(24)25-2)8-11-17(18)21/h6-12H,3-5,13,21H2,1-2H3,(H,22,23). The maximum atomic E-state index is 12.1. The maximum Gasteiger partial charge on any atom is 0.337 e. The highest BCUT2D eigenvalue weighted by Gasteiger charge is 2.11. The van der Waals surface area contributed by atoms with Crippen molar-refractivity contribution in [2.45, 2.75) is 26.2 Å². The molecule has 0 spiro atoms. The number of esters is 1. The third-order valence-corrected chi connectivity index (χ3v) is 3.85. The molecule has 0 saturated heterocycles. The van der Waals surface area contributed by atoms with Crippen molar-refractivity contribution in [3.05, 3.63) is 53.6 Å². The predicted molar refractivity (Wildman–Crippen MR) is 101 cm³/mol. The fourth-order valence-corrected chi connectivity index (χ4v) is 2.38. The monoisotopic (exact) mass is 356 g/mol. The molecule has 0 atom stereocenters. The molecule has 0 fully saturated rings. The summed E-state index contributed by atoms with van der Waals surface area (Å²) in [5, 5.41) is 2.77. The zero-order valence-electron chi connectivity index (χ0n) is 15.1. The average Bonchev–Trinajstić information content (AvgIpc) is 2.66. The van der Waals surface area contributed by atoms with E-state index in [1.165, 1.54) is 30.9 Å². The lowest BCUT2D eigenvalue weighted by Gasteiger charge is -2.11. The second-order valence-electron chi connectivity index (χ2n) is 5.88. The van der Waals surface area contributed by atoms with Crippen molar-refractivity contribution in [2.24, 2.45) is 0 Å². The summed E-state index contributed by atoms with van der Waals surface area (Å²) >= 11 is 0. The van der Waals surface area contributed by atoms with Gasteiger partial charge < -0.3 is 20.5 Å². The van der Waals surface area contributed by atoms with Crippen LogP contribution < -0.4 is 15.8 Å². The van der Waals surface area contributed by atoms with E-state index in [1.54, 1.807) is 0 Å². The normalized spacial score (nSPS) is 10.2. The number of rotatable bonds is 8. The first-order chi connectivity index (χ1) is 12.5. The molecule has 26 heavy (non-hydrogen) atoms. The van der Waals surface area contributed by atoms with Crippen molar-refractivity contribution >= 4 is 23.3 Å². The van der Waals surface area contributed by atoms with E-state index in [4.69, 9.17) is 10.5 Å². The van der Waals surface area contributed by atoms with E-state index < -0.39 is 5.97 Å². The largest absolute Gasteiger partial charge is 0.482 e. The lowest BCUT2D eigenvalue weighted by atomic mass is 10.1. The van der Waals surface area contributed by atoms with Crippen LogP contribution in [-0.2, 0) is 16.0 Å². The molecule has 2 aromatic carbocycles. The summed E-state index contributed by atoms with van der Waals surface area (Å²) in [6.45, 7) is 1.94. The second-order valence-corrected chi connectivity index (χ2v) is 5.88. The number of unbranched alkanes of at least 4 members (excludes halogenated alkanes) is 1. The summed E-state index contributed by atoms with van der Waals surface area (Å²) in [6, 6.07) is 12.3. The van der Waals surface area contributed by atoms with Crippen LogP contribution in [0.25, 0.3) is 0 Å². The van der Waals surface area contributed by atoms with E-state index in [0.29, 0.717) is 16.9 Å². The first-order valence-corrected chi connectivity index (χ1v) is 8.53. The third-order valence-electron chi connectivity index (χ3n) is 3.85. The van der Waals surface area contributed by atoms with Crippen LogP contribution in [0.15, 0.2) is 42.5 Å². The summed E-state index contributed by atoms with van der Waals surface area (Å²) in [6.07, 6.45) is 3.32. The molecule has 0 heterocycles. The Morgan fingerprint density at radius 1 is 1.12 bits per heavy atom. The number of nitrogen functional groups attached to an aromatic ring is 1. The number of carbonyl (C=O) groups excluding carboxylic acids is 2. The zero-order chi connectivity index (χ0) is 18.9. The molecule has 138 valence electrons. The Bertz CT molecular complexity index is 757. The van der Waals surface area contributed by atoms with Crippen molar-refractivity contribution in [3.63, 3.8) is 0 Å². The van der Waals surface area contributed by atoms with E-state index in [9.17, 15) is 9.59 Å². The number of anilines is 2. The van der Waals surface area contributed by atoms with Crippen molar-refractivity contribution < 1.29 is 19.1 Å². The van der Waals surface area contributed by atoms with Gasteiger partial charge in [0.05, 0.1) is 18.4 Å². The first kappa shape index (κ1) is 19.3. The van der Waals surface area contributed by atoms with Gasteiger partial charge in [-0.1, -0.05) is 25.5 Å². The number of carbonyl (C=O) groups is 2. The third kappa shape index (κ3) is 5.51. The smallest absolute Gasteiger partial charge is 0.337 e. The highest BCUT2D eigenvalue weighted by atomic mass is 16.5.